The van der Waals surface area contributed by atoms with Crippen molar-refractivity contribution in [3.63, 3.8) is 0 Å². The van der Waals surface area contributed by atoms with Crippen LogP contribution in [0.3, 0.4) is 0 Å². The smallest absolute Gasteiger partial charge is 0.0300 e. The van der Waals surface area contributed by atoms with Gasteiger partial charge < -0.3 is 5.32 Å². The van der Waals surface area contributed by atoms with E-state index >= 15 is 0 Å². The lowest BCUT2D eigenvalue weighted by atomic mass is 9.83. The molecule has 1 heterocycles. The maximum absolute atomic E-state index is 3.64. The zero-order valence-electron chi connectivity index (χ0n) is 11.5. The fraction of sp³-hybridized carbons (Fsp3) is 0.412. The molecular weight excluding hydrogens is 250 g/mol. The predicted molar refractivity (Wildman–Crippen MR) is 82.9 cm³/mol. The molecule has 1 aliphatic rings. The van der Waals surface area contributed by atoms with Crippen LogP contribution in [-0.2, 0) is 13.0 Å². The predicted octanol–water partition coefficient (Wildman–Crippen LogP) is 4.27. The quantitative estimate of drug-likeness (QED) is 0.876. The van der Waals surface area contributed by atoms with Crippen LogP contribution >= 0.6 is 11.3 Å². The number of rotatable bonds is 4. The number of benzene rings is 1. The van der Waals surface area contributed by atoms with E-state index in [0.29, 0.717) is 5.92 Å². The minimum atomic E-state index is 0.700. The van der Waals surface area contributed by atoms with E-state index in [0.717, 1.165) is 13.1 Å². The Bertz CT molecular complexity index is 544. The van der Waals surface area contributed by atoms with Crippen LogP contribution < -0.4 is 5.32 Å². The van der Waals surface area contributed by atoms with Crippen molar-refractivity contribution >= 4 is 11.3 Å². The van der Waals surface area contributed by atoms with Crippen LogP contribution in [0.4, 0.5) is 0 Å². The summed E-state index contributed by atoms with van der Waals surface area (Å²) in [5.74, 6) is 0.700. The molecule has 1 unspecified atom stereocenters. The van der Waals surface area contributed by atoms with Crippen molar-refractivity contribution in [1.82, 2.24) is 5.32 Å². The third-order valence-electron chi connectivity index (χ3n) is 3.98. The molecule has 100 valence electrons. The van der Waals surface area contributed by atoms with Gasteiger partial charge in [0.25, 0.3) is 0 Å². The summed E-state index contributed by atoms with van der Waals surface area (Å²) in [6.45, 7) is 4.29. The molecule has 0 saturated carbocycles. The fourth-order valence-corrected chi connectivity index (χ4v) is 3.88. The molecule has 19 heavy (non-hydrogen) atoms. The van der Waals surface area contributed by atoms with Gasteiger partial charge in [-0.15, -0.1) is 11.3 Å². The summed E-state index contributed by atoms with van der Waals surface area (Å²) in [5.41, 5.74) is 3.14. The van der Waals surface area contributed by atoms with Gasteiger partial charge in [-0.3, -0.25) is 0 Å². The topological polar surface area (TPSA) is 12.0 Å². The van der Waals surface area contributed by atoms with Gasteiger partial charge >= 0.3 is 0 Å². The van der Waals surface area contributed by atoms with Crippen molar-refractivity contribution in [1.29, 1.82) is 0 Å². The summed E-state index contributed by atoms with van der Waals surface area (Å²) in [5, 5.41) is 3.64. The molecule has 1 nitrogen and oxygen atoms in total. The highest BCUT2D eigenvalue weighted by molar-refractivity contribution is 7.11. The van der Waals surface area contributed by atoms with E-state index in [9.17, 15) is 0 Å². The molecule has 0 aliphatic heterocycles. The lowest BCUT2D eigenvalue weighted by Crippen LogP contribution is -2.23. The highest BCUT2D eigenvalue weighted by atomic mass is 32.1. The van der Waals surface area contributed by atoms with Gasteiger partial charge in [-0.05, 0) is 55.4 Å². The number of nitrogens with one attached hydrogen (secondary N) is 1. The van der Waals surface area contributed by atoms with E-state index in [-0.39, 0.29) is 0 Å². The second-order valence-corrected chi connectivity index (χ2v) is 6.80. The molecule has 0 radical (unpaired) electrons. The second kappa shape index (κ2) is 5.89. The fourth-order valence-electron chi connectivity index (χ4n) is 3.02. The molecule has 1 aromatic carbocycles. The summed E-state index contributed by atoms with van der Waals surface area (Å²) < 4.78 is 0. The highest BCUT2D eigenvalue weighted by Crippen LogP contribution is 2.30. The standard InChI is InChI=1S/C17H21NS/c1-13-9-10-16(19-13)12-18-11-15-7-4-6-14-5-2-3-8-17(14)15/h2-3,5,8-10,15,18H,4,6-7,11-12H2,1H3. The molecule has 2 heteroatoms. The zero-order valence-corrected chi connectivity index (χ0v) is 12.3. The van der Waals surface area contributed by atoms with Gasteiger partial charge in [0.2, 0.25) is 0 Å². The van der Waals surface area contributed by atoms with Gasteiger partial charge in [0.1, 0.15) is 0 Å². The monoisotopic (exact) mass is 271 g/mol. The number of aryl methyl sites for hydroxylation is 2. The Morgan fingerprint density at radius 2 is 2.11 bits per heavy atom. The minimum Gasteiger partial charge on any atom is -0.311 e. The van der Waals surface area contributed by atoms with Gasteiger partial charge in [0.15, 0.2) is 0 Å². The van der Waals surface area contributed by atoms with Crippen LogP contribution in [0.25, 0.3) is 0 Å². The Kier molecular flexibility index (Phi) is 4.00. The van der Waals surface area contributed by atoms with Crippen LogP contribution in [0.1, 0.15) is 39.6 Å². The maximum Gasteiger partial charge on any atom is 0.0300 e. The van der Waals surface area contributed by atoms with Crippen molar-refractivity contribution in [3.8, 4) is 0 Å². The Morgan fingerprint density at radius 1 is 1.21 bits per heavy atom. The van der Waals surface area contributed by atoms with Gasteiger partial charge in [-0.1, -0.05) is 24.3 Å². The molecule has 0 amide bonds. The Labute approximate surface area is 119 Å². The van der Waals surface area contributed by atoms with E-state index in [1.807, 2.05) is 11.3 Å². The highest BCUT2D eigenvalue weighted by Gasteiger charge is 2.19. The third kappa shape index (κ3) is 3.07. The molecule has 1 N–H and O–H groups in total. The Morgan fingerprint density at radius 3 is 2.95 bits per heavy atom. The molecule has 0 bridgehead atoms. The van der Waals surface area contributed by atoms with Crippen LogP contribution in [0.2, 0.25) is 0 Å². The van der Waals surface area contributed by atoms with E-state index in [1.165, 1.54) is 29.0 Å². The molecule has 0 spiro atoms. The van der Waals surface area contributed by atoms with Crippen LogP contribution in [-0.4, -0.2) is 6.54 Å². The van der Waals surface area contributed by atoms with Gasteiger partial charge in [-0.2, -0.15) is 0 Å². The Hall–Kier alpha value is -1.12. The average molecular weight is 271 g/mol. The molecule has 2 aromatic rings. The van der Waals surface area contributed by atoms with Crippen molar-refractivity contribution in [3.05, 3.63) is 57.3 Å². The number of fused-ring (bicyclic) bond motifs is 1. The van der Waals surface area contributed by atoms with Crippen molar-refractivity contribution in [2.45, 2.75) is 38.6 Å². The lowest BCUT2D eigenvalue weighted by Gasteiger charge is -2.25. The normalized spacial score (nSPS) is 18.3. The number of hydrogen-bond acceptors (Lipinski definition) is 2. The summed E-state index contributed by atoms with van der Waals surface area (Å²) in [6.07, 6.45) is 3.92. The lowest BCUT2D eigenvalue weighted by molar-refractivity contribution is 0.508. The van der Waals surface area contributed by atoms with Crippen LogP contribution in [0.5, 0.6) is 0 Å². The van der Waals surface area contributed by atoms with Gasteiger partial charge in [0, 0.05) is 22.8 Å². The van der Waals surface area contributed by atoms with E-state index in [4.69, 9.17) is 0 Å². The number of hydrogen-bond donors (Lipinski definition) is 1. The molecule has 1 aromatic heterocycles. The molecule has 0 fully saturated rings. The van der Waals surface area contributed by atoms with Crippen molar-refractivity contribution in [2.75, 3.05) is 6.54 Å². The Balaban J connectivity index is 1.59. The SMILES string of the molecule is Cc1ccc(CNCC2CCCc3ccccc32)s1. The first-order valence-electron chi connectivity index (χ1n) is 7.17. The molecular formula is C17H21NS. The van der Waals surface area contributed by atoms with Crippen molar-refractivity contribution < 1.29 is 0 Å². The molecule has 1 aliphatic carbocycles. The van der Waals surface area contributed by atoms with E-state index < -0.39 is 0 Å². The van der Waals surface area contributed by atoms with Gasteiger partial charge in [-0.25, -0.2) is 0 Å². The first-order valence-corrected chi connectivity index (χ1v) is 7.98. The van der Waals surface area contributed by atoms with Gasteiger partial charge in [0.05, 0.1) is 0 Å². The van der Waals surface area contributed by atoms with Crippen LogP contribution in [0.15, 0.2) is 36.4 Å². The summed E-state index contributed by atoms with van der Waals surface area (Å²) >= 11 is 1.90. The molecule has 0 saturated heterocycles. The first-order chi connectivity index (χ1) is 9.33. The van der Waals surface area contributed by atoms with Crippen molar-refractivity contribution in [2.24, 2.45) is 0 Å². The molecule has 1 atom stereocenters. The minimum absolute atomic E-state index is 0.700. The summed E-state index contributed by atoms with van der Waals surface area (Å²) in [6, 6.07) is 13.4. The summed E-state index contributed by atoms with van der Waals surface area (Å²) in [4.78, 5) is 2.85. The largest absolute Gasteiger partial charge is 0.311 e. The third-order valence-corrected chi connectivity index (χ3v) is 4.98. The zero-order chi connectivity index (χ0) is 13.1. The maximum atomic E-state index is 3.64. The van der Waals surface area contributed by atoms with E-state index in [1.54, 1.807) is 11.1 Å². The average Bonchev–Trinajstić information content (AvgIpc) is 2.85. The second-order valence-electron chi connectivity index (χ2n) is 5.43. The summed E-state index contributed by atoms with van der Waals surface area (Å²) in [7, 11) is 0. The first kappa shape index (κ1) is 12.9. The molecule has 3 rings (SSSR count). The van der Waals surface area contributed by atoms with E-state index in [2.05, 4.69) is 48.6 Å². The van der Waals surface area contributed by atoms with Crippen LogP contribution in [0, 0.1) is 6.92 Å². The number of thiophene rings is 1.